The van der Waals surface area contributed by atoms with Gasteiger partial charge in [0.05, 0.1) is 18.6 Å². The second-order valence-electron chi connectivity index (χ2n) is 5.55. The van der Waals surface area contributed by atoms with Crippen molar-refractivity contribution in [3.05, 3.63) is 30.2 Å². The molecule has 0 aliphatic carbocycles. The molecule has 1 aliphatic rings. The molecule has 0 spiro atoms. The average molecular weight is 359 g/mol. The highest BCUT2D eigenvalue weighted by Gasteiger charge is 2.19. The third kappa shape index (κ3) is 2.80. The zero-order valence-electron chi connectivity index (χ0n) is 14.0. The molecule has 0 amide bonds. The molecule has 0 saturated heterocycles. The van der Waals surface area contributed by atoms with Gasteiger partial charge in [0, 0.05) is 25.2 Å². The molecule has 0 radical (unpaired) electrons. The van der Waals surface area contributed by atoms with E-state index in [1.807, 2.05) is 0 Å². The van der Waals surface area contributed by atoms with Crippen LogP contribution in [0.5, 0.6) is 11.5 Å². The normalized spacial score (nSPS) is 12.9. The summed E-state index contributed by atoms with van der Waals surface area (Å²) >= 11 is 0. The van der Waals surface area contributed by atoms with E-state index in [-0.39, 0.29) is 6.67 Å². The number of hydrogen-bond acceptors (Lipinski definition) is 8. The Hall–Kier alpha value is -3.27. The molecule has 1 aromatic carbocycles. The van der Waals surface area contributed by atoms with Gasteiger partial charge in [0.1, 0.15) is 36.4 Å². The van der Waals surface area contributed by atoms with Gasteiger partial charge in [0.15, 0.2) is 17.1 Å². The maximum atomic E-state index is 13.9. The molecular formula is C16H18FN7O2. The first kappa shape index (κ1) is 16.2. The van der Waals surface area contributed by atoms with Crippen LogP contribution in [0.25, 0.3) is 5.65 Å². The Labute approximate surface area is 148 Å². The number of nitrogens with zero attached hydrogens (tertiary/aromatic N) is 3. The zero-order chi connectivity index (χ0) is 18.1. The van der Waals surface area contributed by atoms with Crippen molar-refractivity contribution in [2.75, 3.05) is 42.9 Å². The molecule has 9 nitrogen and oxygen atoms in total. The van der Waals surface area contributed by atoms with Crippen LogP contribution in [0.15, 0.2) is 24.4 Å². The van der Waals surface area contributed by atoms with Crippen LogP contribution in [0.3, 0.4) is 0 Å². The van der Waals surface area contributed by atoms with E-state index in [4.69, 9.17) is 15.2 Å². The summed E-state index contributed by atoms with van der Waals surface area (Å²) < 4.78 is 26.7. The summed E-state index contributed by atoms with van der Waals surface area (Å²) in [6.07, 6.45) is 1.64. The maximum absolute atomic E-state index is 13.9. The minimum atomic E-state index is -0.429. The number of halogens is 1. The van der Waals surface area contributed by atoms with Crippen LogP contribution < -0.4 is 31.2 Å². The van der Waals surface area contributed by atoms with Crippen molar-refractivity contribution in [3.8, 4) is 11.5 Å². The highest BCUT2D eigenvalue weighted by molar-refractivity contribution is 5.75. The Morgan fingerprint density at radius 3 is 2.88 bits per heavy atom. The van der Waals surface area contributed by atoms with Crippen LogP contribution in [0.4, 0.5) is 27.4 Å². The van der Waals surface area contributed by atoms with Crippen LogP contribution >= 0.6 is 0 Å². The second-order valence-corrected chi connectivity index (χ2v) is 5.55. The molecule has 26 heavy (non-hydrogen) atoms. The number of anilines is 4. The van der Waals surface area contributed by atoms with Gasteiger partial charge in [-0.3, -0.25) is 0 Å². The van der Waals surface area contributed by atoms with Gasteiger partial charge in [0.2, 0.25) is 0 Å². The second kappa shape index (κ2) is 6.56. The SMILES string of the molecule is CNc1cc(Nc2cc(F)cc3c2OCCO3)nc2c(NCN)cnn12. The fourth-order valence-corrected chi connectivity index (χ4v) is 2.79. The Morgan fingerprint density at radius 1 is 1.23 bits per heavy atom. The molecule has 1 aliphatic heterocycles. The van der Waals surface area contributed by atoms with Crippen LogP contribution in [-0.2, 0) is 0 Å². The molecule has 136 valence electrons. The summed E-state index contributed by atoms with van der Waals surface area (Å²) in [6.45, 7) is 1.03. The van der Waals surface area contributed by atoms with Gasteiger partial charge < -0.3 is 31.2 Å². The van der Waals surface area contributed by atoms with Gasteiger partial charge in [0.25, 0.3) is 0 Å². The number of fused-ring (bicyclic) bond motifs is 2. The Balaban J connectivity index is 1.78. The van der Waals surface area contributed by atoms with Gasteiger partial charge in [-0.1, -0.05) is 0 Å². The lowest BCUT2D eigenvalue weighted by molar-refractivity contribution is 0.172. The lowest BCUT2D eigenvalue weighted by Gasteiger charge is -2.21. The van der Waals surface area contributed by atoms with Gasteiger partial charge in [-0.2, -0.15) is 9.61 Å². The molecule has 0 saturated carbocycles. The van der Waals surface area contributed by atoms with E-state index in [9.17, 15) is 4.39 Å². The van der Waals surface area contributed by atoms with E-state index in [2.05, 4.69) is 26.0 Å². The molecule has 0 bridgehead atoms. The van der Waals surface area contributed by atoms with E-state index >= 15 is 0 Å². The van der Waals surface area contributed by atoms with Crippen molar-refractivity contribution in [2.24, 2.45) is 5.73 Å². The first-order chi connectivity index (χ1) is 12.7. The van der Waals surface area contributed by atoms with E-state index in [0.29, 0.717) is 53.4 Å². The molecule has 4 rings (SSSR count). The zero-order valence-corrected chi connectivity index (χ0v) is 14.0. The summed E-state index contributed by atoms with van der Waals surface area (Å²) in [5.74, 6) is 1.58. The smallest absolute Gasteiger partial charge is 0.185 e. The van der Waals surface area contributed by atoms with Crippen LogP contribution in [-0.4, -0.2) is 41.5 Å². The van der Waals surface area contributed by atoms with Crippen LogP contribution in [0.2, 0.25) is 0 Å². The van der Waals surface area contributed by atoms with Crippen molar-refractivity contribution in [3.63, 3.8) is 0 Å². The lowest BCUT2D eigenvalue weighted by Crippen LogP contribution is -2.16. The third-order valence-corrected chi connectivity index (χ3v) is 3.89. The summed E-state index contributed by atoms with van der Waals surface area (Å²) in [4.78, 5) is 4.55. The first-order valence-electron chi connectivity index (χ1n) is 8.06. The molecule has 0 atom stereocenters. The quantitative estimate of drug-likeness (QED) is 0.510. The number of rotatable bonds is 5. The molecule has 3 aromatic rings. The molecule has 3 heterocycles. The van der Waals surface area contributed by atoms with E-state index in [0.717, 1.165) is 0 Å². The Morgan fingerprint density at radius 2 is 2.08 bits per heavy atom. The van der Waals surface area contributed by atoms with Crippen molar-refractivity contribution in [2.45, 2.75) is 0 Å². The summed E-state index contributed by atoms with van der Waals surface area (Å²) in [6, 6.07) is 4.40. The highest BCUT2D eigenvalue weighted by atomic mass is 19.1. The maximum Gasteiger partial charge on any atom is 0.185 e. The topological polar surface area (TPSA) is 111 Å². The number of aromatic nitrogens is 3. The van der Waals surface area contributed by atoms with Crippen molar-refractivity contribution >= 4 is 28.7 Å². The number of nitrogens with one attached hydrogen (secondary N) is 3. The highest BCUT2D eigenvalue weighted by Crippen LogP contribution is 2.40. The molecule has 0 fully saturated rings. The summed E-state index contributed by atoms with van der Waals surface area (Å²) in [7, 11) is 1.78. The molecule has 0 unspecified atom stereocenters. The fourth-order valence-electron chi connectivity index (χ4n) is 2.79. The summed E-state index contributed by atoms with van der Waals surface area (Å²) in [5, 5.41) is 13.4. The fraction of sp³-hybridized carbons (Fsp3) is 0.250. The van der Waals surface area contributed by atoms with Crippen LogP contribution in [0, 0.1) is 5.82 Å². The van der Waals surface area contributed by atoms with Crippen LogP contribution in [0.1, 0.15) is 0 Å². The molecule has 10 heteroatoms. The van der Waals surface area contributed by atoms with Gasteiger partial charge in [-0.05, 0) is 0 Å². The van der Waals surface area contributed by atoms with Crippen molar-refractivity contribution in [1.29, 1.82) is 0 Å². The van der Waals surface area contributed by atoms with Gasteiger partial charge in [-0.25, -0.2) is 9.37 Å². The average Bonchev–Trinajstić information content (AvgIpc) is 3.04. The van der Waals surface area contributed by atoms with E-state index in [1.54, 1.807) is 23.8 Å². The number of benzene rings is 1. The number of nitrogens with two attached hydrogens (primary N) is 1. The molecule has 5 N–H and O–H groups in total. The number of hydrogen-bond donors (Lipinski definition) is 4. The summed E-state index contributed by atoms with van der Waals surface area (Å²) in [5.41, 5.74) is 7.26. The minimum Gasteiger partial charge on any atom is -0.486 e. The standard InChI is InChI=1S/C16H18FN7O2/c1-19-14-6-13(23-16-11(20-8-18)7-21-24(14)16)22-10-4-9(17)5-12-15(10)26-3-2-25-12/h4-7,19-20H,2-3,8,18H2,1H3,(H,22,23). The van der Waals surface area contributed by atoms with Crippen molar-refractivity contribution < 1.29 is 13.9 Å². The van der Waals surface area contributed by atoms with Crippen molar-refractivity contribution in [1.82, 2.24) is 14.6 Å². The molecule has 2 aromatic heterocycles. The van der Waals surface area contributed by atoms with E-state index < -0.39 is 5.82 Å². The Bertz CT molecular complexity index is 959. The van der Waals surface area contributed by atoms with Gasteiger partial charge >= 0.3 is 0 Å². The molecular weight excluding hydrogens is 341 g/mol. The largest absolute Gasteiger partial charge is 0.486 e. The third-order valence-electron chi connectivity index (χ3n) is 3.89. The number of ether oxygens (including phenoxy) is 2. The minimum absolute atomic E-state index is 0.248. The lowest BCUT2D eigenvalue weighted by atomic mass is 10.2. The first-order valence-corrected chi connectivity index (χ1v) is 8.06. The van der Waals surface area contributed by atoms with Gasteiger partial charge in [-0.15, -0.1) is 0 Å². The van der Waals surface area contributed by atoms with E-state index in [1.165, 1.54) is 12.1 Å². The Kier molecular flexibility index (Phi) is 4.09. The predicted molar refractivity (Wildman–Crippen MR) is 95.9 cm³/mol. The predicted octanol–water partition coefficient (Wildman–Crippen LogP) is 1.75. The monoisotopic (exact) mass is 359 g/mol.